The van der Waals surface area contributed by atoms with Crippen molar-refractivity contribution in [2.75, 3.05) is 30.5 Å². The van der Waals surface area contributed by atoms with Gasteiger partial charge in [-0.15, -0.1) is 0 Å². The van der Waals surface area contributed by atoms with Crippen molar-refractivity contribution >= 4 is 138 Å². The van der Waals surface area contributed by atoms with E-state index in [1.165, 1.54) is 54.8 Å². The molecule has 5 aromatic carbocycles. The highest BCUT2D eigenvalue weighted by molar-refractivity contribution is 14.1. The number of H-pyrrole nitrogens is 1. The number of anilines is 2. The lowest BCUT2D eigenvalue weighted by Crippen LogP contribution is -2.41. The first-order valence-corrected chi connectivity index (χ1v) is 41.5. The van der Waals surface area contributed by atoms with E-state index in [-0.39, 0.29) is 51.2 Å². The summed E-state index contributed by atoms with van der Waals surface area (Å²) in [6, 6.07) is 62.5. The van der Waals surface area contributed by atoms with E-state index in [2.05, 4.69) is 117 Å². The van der Waals surface area contributed by atoms with Crippen LogP contribution in [-0.4, -0.2) is 171 Å². The lowest BCUT2D eigenvalue weighted by Gasteiger charge is -2.32. The number of esters is 1. The van der Waals surface area contributed by atoms with Crippen molar-refractivity contribution in [1.82, 2.24) is 78.5 Å². The number of rotatable bonds is 12. The zero-order valence-electron chi connectivity index (χ0n) is 70.5. The molecule has 630 valence electrons. The van der Waals surface area contributed by atoms with Crippen LogP contribution >= 0.6 is 66.1 Å². The van der Waals surface area contributed by atoms with E-state index in [0.29, 0.717) is 34.2 Å². The summed E-state index contributed by atoms with van der Waals surface area (Å²) in [5, 5.41) is 32.8. The van der Waals surface area contributed by atoms with E-state index in [4.69, 9.17) is 44.4 Å². The average Bonchev–Trinajstić information content (AvgIpc) is 1.63. The Morgan fingerprint density at radius 3 is 1.24 bits per heavy atom. The van der Waals surface area contributed by atoms with E-state index >= 15 is 0 Å². The molecule has 0 atom stereocenters. The van der Waals surface area contributed by atoms with Crippen LogP contribution in [0.4, 0.5) is 21.2 Å². The second-order valence-electron chi connectivity index (χ2n) is 31.2. The highest BCUT2D eigenvalue weighted by Gasteiger charge is 2.54. The Hall–Kier alpha value is -11.0. The lowest BCUT2D eigenvalue weighted by molar-refractivity contribution is 0.00578. The van der Waals surface area contributed by atoms with Gasteiger partial charge in [0.25, 0.3) is 0 Å². The maximum absolute atomic E-state index is 12.8. The monoisotopic (exact) mass is 1900 g/mol. The number of hydrogen-bond acceptors (Lipinski definition) is 20. The van der Waals surface area contributed by atoms with Crippen LogP contribution in [-0.2, 0) is 32.8 Å². The molecule has 0 aliphatic carbocycles. The maximum Gasteiger partial charge on any atom is 0.516 e. The molecular weight excluding hydrogens is 1800 g/mol. The number of halogens is 4. The van der Waals surface area contributed by atoms with Gasteiger partial charge >= 0.3 is 32.4 Å². The minimum atomic E-state index is -0.686. The van der Waals surface area contributed by atoms with Crippen LogP contribution in [0.2, 0.25) is 5.15 Å². The van der Waals surface area contributed by atoms with Crippen molar-refractivity contribution < 1.29 is 52.0 Å². The highest BCUT2D eigenvalue weighted by atomic mass is 127. The third-order valence-corrected chi connectivity index (χ3v) is 20.4. The fourth-order valence-corrected chi connectivity index (χ4v) is 12.2. The number of benzene rings is 5. The van der Waals surface area contributed by atoms with E-state index in [1.807, 2.05) is 264 Å². The molecule has 0 bridgehead atoms. The molecule has 2 saturated heterocycles. The molecule has 121 heavy (non-hydrogen) atoms. The topological polar surface area (TPSA) is 300 Å². The molecule has 2 amide bonds. The summed E-state index contributed by atoms with van der Waals surface area (Å²) >= 11 is 14.7. The van der Waals surface area contributed by atoms with Crippen LogP contribution in [0.3, 0.4) is 0 Å². The van der Waals surface area contributed by atoms with Crippen LogP contribution < -0.4 is 21.0 Å². The number of hydrogen-bond donors (Lipinski definition) is 1. The number of carbonyl (C=O) groups is 4. The maximum atomic E-state index is 12.8. The fourth-order valence-electron chi connectivity index (χ4n) is 11.1. The van der Waals surface area contributed by atoms with Crippen molar-refractivity contribution in [3.8, 4) is 34.1 Å². The molecule has 35 heteroatoms. The SMILES string of the molecule is Brc1ccn(-c2ccccc2)n1.Brc1ccn[nH]1.CC(=O)c1cnn2c(N(C)C(=O)OC(C)(C)C)cc(Cl)nc12.CC1(C)OB(c2ccn(-c3ccccc3)n2)OC1(C)C.CC1(C)OB(c2ccn(-c3ccccc3)n2)OC1(C)C.CCOC(=O)c1cnn2c(N(C)C(=O)OC(C)(C)C)cc(-c3ccn(-c4ccccc4)n3)nc12.Ic1ccccc1. The van der Waals surface area contributed by atoms with Crippen LogP contribution in [0.1, 0.15) is 131 Å². The Kier molecular flexibility index (Phi) is 30.6. The normalized spacial score (nSPS) is 14.0. The van der Waals surface area contributed by atoms with Gasteiger partial charge in [0.15, 0.2) is 17.1 Å². The minimum Gasteiger partial charge on any atom is -0.462 e. The number of fused-ring (bicyclic) bond motifs is 2. The smallest absolute Gasteiger partial charge is 0.462 e. The standard InChI is InChI=1S/C24H26N6O4.2C15H19BN2O2.C14H17ClN4O3.C9H7BrN2.C6H5I.C3H3BrN2/c1-6-33-22(31)17-15-25-30-20(28(5)23(32)34-24(2,3)4)14-19(26-21(17)30)18-12-13-29(27-18)16-10-8-7-9-11-16;2*1-14(2)15(3,4)20-16(19-14)13-10-11-18(17-13)12-8-6-5-7-9-12;1-8(20)9-7-16-19-11(6-10(15)17-12(9)19)18(5)13(21)22-14(2,3)4;10-9-6-7-12(11-9)8-4-2-1-3-5-8;7-6-4-2-1-3-5-6;4-3-1-2-5-6-3/h7-15H,6H2,1-5H3;2*5-11H,1-4H3;6-7H,1-5H3;1-7H;1-5H;1-2H,(H,5,6). The molecule has 29 nitrogen and oxygen atoms in total. The summed E-state index contributed by atoms with van der Waals surface area (Å²) in [6.45, 7) is 30.4. The van der Waals surface area contributed by atoms with Gasteiger partial charge in [0, 0.05) is 60.8 Å². The quantitative estimate of drug-likeness (QED) is 0.0297. The van der Waals surface area contributed by atoms with Crippen LogP contribution in [0, 0.1) is 3.57 Å². The van der Waals surface area contributed by atoms with E-state index < -0.39 is 43.6 Å². The Bertz CT molecular complexity index is 5600. The van der Waals surface area contributed by atoms with Gasteiger partial charge in [-0.2, -0.15) is 44.7 Å². The Labute approximate surface area is 739 Å². The summed E-state index contributed by atoms with van der Waals surface area (Å²) in [7, 11) is 2.28. The number of para-hydroxylation sites is 4. The average molecular weight is 1900 g/mol. The molecule has 16 rings (SSSR count). The number of aromatic nitrogens is 16. The number of carbonyl (C=O) groups excluding carboxylic acids is 4. The fraction of sp³-hybridized carbons (Fsp3) is 0.291. The van der Waals surface area contributed by atoms with E-state index in [1.54, 1.807) is 72.5 Å². The first-order chi connectivity index (χ1) is 57.2. The van der Waals surface area contributed by atoms with Crippen molar-refractivity contribution in [3.05, 3.63) is 267 Å². The molecular formula is C86H96B2Br2ClIN18O11. The number of nitrogens with one attached hydrogen (secondary N) is 1. The molecule has 0 saturated carbocycles. The van der Waals surface area contributed by atoms with Gasteiger partial charge in [0.1, 0.15) is 48.5 Å². The van der Waals surface area contributed by atoms with Crippen molar-refractivity contribution in [3.63, 3.8) is 0 Å². The van der Waals surface area contributed by atoms with Gasteiger partial charge in [-0.05, 0) is 256 Å². The van der Waals surface area contributed by atoms with Crippen LogP contribution in [0.15, 0.2) is 247 Å². The molecule has 2 fully saturated rings. The van der Waals surface area contributed by atoms with Crippen molar-refractivity contribution in [1.29, 1.82) is 0 Å². The van der Waals surface area contributed by atoms with Gasteiger partial charge in [-0.25, -0.2) is 43.1 Å². The number of nitrogens with zero attached hydrogens (tertiary/aromatic N) is 17. The molecule has 2 aliphatic rings. The summed E-state index contributed by atoms with van der Waals surface area (Å²) in [5.41, 5.74) is 5.01. The summed E-state index contributed by atoms with van der Waals surface area (Å²) in [5.74, 6) is -0.0192. The Morgan fingerprint density at radius 2 is 0.884 bits per heavy atom. The molecule has 14 aromatic rings. The second kappa shape index (κ2) is 40.1. The number of Topliss-reactive ketones (excluding diaryl/α,β-unsaturated/α-hetero) is 1. The molecule has 9 aromatic heterocycles. The second-order valence-corrected chi connectivity index (χ2v) is 34.5. The lowest BCUT2D eigenvalue weighted by atomic mass is 9.85. The number of ether oxygens (including phenoxy) is 3. The van der Waals surface area contributed by atoms with E-state index in [0.717, 1.165) is 43.1 Å². The summed E-state index contributed by atoms with van der Waals surface area (Å²) in [6.07, 6.45) is 10.9. The third kappa shape index (κ3) is 24.7. The first-order valence-electron chi connectivity index (χ1n) is 38.4. The van der Waals surface area contributed by atoms with Gasteiger partial charge in [-0.1, -0.05) is 103 Å². The summed E-state index contributed by atoms with van der Waals surface area (Å²) < 4.78 is 53.1. The largest absolute Gasteiger partial charge is 0.516 e. The third-order valence-electron chi connectivity index (χ3n) is 18.7. The Morgan fingerprint density at radius 1 is 0.504 bits per heavy atom. The summed E-state index contributed by atoms with van der Waals surface area (Å²) in [4.78, 5) is 60.4. The van der Waals surface area contributed by atoms with Crippen molar-refractivity contribution in [2.45, 2.75) is 144 Å². The van der Waals surface area contributed by atoms with Gasteiger partial charge in [-0.3, -0.25) is 19.7 Å². The zero-order chi connectivity index (χ0) is 87.8. The van der Waals surface area contributed by atoms with Crippen LogP contribution in [0.5, 0.6) is 0 Å². The molecule has 0 spiro atoms. The van der Waals surface area contributed by atoms with Crippen molar-refractivity contribution in [2.24, 2.45) is 0 Å². The number of aromatic amines is 1. The predicted octanol–water partition coefficient (Wildman–Crippen LogP) is 17.5. The highest BCUT2D eigenvalue weighted by Crippen LogP contribution is 2.38. The molecule has 11 heterocycles. The predicted molar refractivity (Wildman–Crippen MR) is 484 cm³/mol. The number of ketones is 1. The van der Waals surface area contributed by atoms with E-state index in [9.17, 15) is 19.2 Å². The zero-order valence-corrected chi connectivity index (χ0v) is 76.6. The van der Waals surface area contributed by atoms with Crippen LogP contribution in [0.25, 0.3) is 45.4 Å². The number of amides is 2. The Balaban J connectivity index is 0.000000157. The first kappa shape index (κ1) is 92.3. The molecule has 2 aliphatic heterocycles. The minimum absolute atomic E-state index is 0.154. The molecule has 1 N–H and O–H groups in total. The van der Waals surface area contributed by atoms with Gasteiger partial charge < -0.3 is 32.8 Å². The van der Waals surface area contributed by atoms with Gasteiger partial charge in [0.2, 0.25) is 0 Å². The van der Waals surface area contributed by atoms with Gasteiger partial charge in [0.05, 0.1) is 86.6 Å². The molecule has 0 radical (unpaired) electrons. The molecule has 0 unspecified atom stereocenters.